The largest absolute Gasteiger partial charge is 0.397 e. The van der Waals surface area contributed by atoms with Crippen molar-refractivity contribution in [1.29, 1.82) is 0 Å². The molecule has 0 radical (unpaired) electrons. The SMILES string of the molecule is CCC(O)(CC)CNc1ccc(F)cc1N. The highest BCUT2D eigenvalue weighted by atomic mass is 19.1. The Morgan fingerprint density at radius 1 is 1.38 bits per heavy atom. The van der Waals surface area contributed by atoms with E-state index in [1.807, 2.05) is 13.8 Å². The normalized spacial score (nSPS) is 11.5. The van der Waals surface area contributed by atoms with Gasteiger partial charge >= 0.3 is 0 Å². The first-order valence-electron chi connectivity index (χ1n) is 5.52. The van der Waals surface area contributed by atoms with Crippen molar-refractivity contribution in [2.45, 2.75) is 32.3 Å². The molecule has 0 amide bonds. The maximum Gasteiger partial charge on any atom is 0.125 e. The molecule has 16 heavy (non-hydrogen) atoms. The van der Waals surface area contributed by atoms with Gasteiger partial charge in [-0.15, -0.1) is 0 Å². The van der Waals surface area contributed by atoms with Gasteiger partial charge in [0.15, 0.2) is 0 Å². The molecular weight excluding hydrogens is 207 g/mol. The molecular formula is C12H19FN2O. The van der Waals surface area contributed by atoms with Gasteiger partial charge in [0, 0.05) is 6.54 Å². The van der Waals surface area contributed by atoms with Crippen molar-refractivity contribution in [3.8, 4) is 0 Å². The van der Waals surface area contributed by atoms with Crippen molar-refractivity contribution in [2.75, 3.05) is 17.6 Å². The minimum Gasteiger partial charge on any atom is -0.397 e. The number of rotatable bonds is 5. The molecule has 0 atom stereocenters. The van der Waals surface area contributed by atoms with Crippen molar-refractivity contribution >= 4 is 11.4 Å². The zero-order valence-corrected chi connectivity index (χ0v) is 9.76. The van der Waals surface area contributed by atoms with Gasteiger partial charge in [-0.1, -0.05) is 13.8 Å². The minimum absolute atomic E-state index is 0.356. The summed E-state index contributed by atoms with van der Waals surface area (Å²) in [6.45, 7) is 4.27. The molecule has 0 aliphatic rings. The van der Waals surface area contributed by atoms with Gasteiger partial charge in [-0.3, -0.25) is 0 Å². The maximum atomic E-state index is 12.8. The van der Waals surface area contributed by atoms with E-state index >= 15 is 0 Å². The molecule has 0 aliphatic heterocycles. The van der Waals surface area contributed by atoms with Gasteiger partial charge in [0.05, 0.1) is 17.0 Å². The zero-order valence-electron chi connectivity index (χ0n) is 9.76. The lowest BCUT2D eigenvalue weighted by molar-refractivity contribution is 0.0457. The Balaban J connectivity index is 2.67. The monoisotopic (exact) mass is 226 g/mol. The highest BCUT2D eigenvalue weighted by Gasteiger charge is 2.21. The first kappa shape index (κ1) is 12.8. The molecule has 1 aromatic carbocycles. The number of nitrogens with one attached hydrogen (secondary N) is 1. The predicted octanol–water partition coefficient (Wildman–Crippen LogP) is 2.37. The summed E-state index contributed by atoms with van der Waals surface area (Å²) in [5.41, 5.74) is 5.92. The Hall–Kier alpha value is -1.29. The third-order valence-corrected chi connectivity index (χ3v) is 2.94. The van der Waals surface area contributed by atoms with Crippen LogP contribution in [0.15, 0.2) is 18.2 Å². The van der Waals surface area contributed by atoms with E-state index < -0.39 is 5.60 Å². The third-order valence-electron chi connectivity index (χ3n) is 2.94. The van der Waals surface area contributed by atoms with Crippen LogP contribution >= 0.6 is 0 Å². The first-order chi connectivity index (χ1) is 7.50. The van der Waals surface area contributed by atoms with Crippen LogP contribution in [0.4, 0.5) is 15.8 Å². The highest BCUT2D eigenvalue weighted by Crippen LogP contribution is 2.21. The second-order valence-electron chi connectivity index (χ2n) is 4.02. The van der Waals surface area contributed by atoms with Crippen LogP contribution in [0.2, 0.25) is 0 Å². The Kier molecular flexibility index (Phi) is 4.12. The quantitative estimate of drug-likeness (QED) is 0.675. The number of nitrogen functional groups attached to an aromatic ring is 1. The van der Waals surface area contributed by atoms with Crippen molar-refractivity contribution in [1.82, 2.24) is 0 Å². The van der Waals surface area contributed by atoms with Crippen LogP contribution in [0.25, 0.3) is 0 Å². The van der Waals surface area contributed by atoms with E-state index in [4.69, 9.17) is 5.73 Å². The summed E-state index contributed by atoms with van der Waals surface area (Å²) in [5.74, 6) is -0.357. The first-order valence-corrected chi connectivity index (χ1v) is 5.52. The average molecular weight is 226 g/mol. The molecule has 0 fully saturated rings. The molecule has 0 aliphatic carbocycles. The van der Waals surface area contributed by atoms with Gasteiger partial charge in [-0.2, -0.15) is 0 Å². The molecule has 3 nitrogen and oxygen atoms in total. The number of benzene rings is 1. The minimum atomic E-state index is -0.735. The number of nitrogens with two attached hydrogens (primary N) is 1. The summed E-state index contributed by atoms with van der Waals surface area (Å²) in [6, 6.07) is 4.19. The molecule has 1 rings (SSSR count). The van der Waals surface area contributed by atoms with Gasteiger partial charge in [0.2, 0.25) is 0 Å². The predicted molar refractivity (Wildman–Crippen MR) is 64.8 cm³/mol. The third kappa shape index (κ3) is 3.10. The van der Waals surface area contributed by atoms with Crippen LogP contribution in [0.1, 0.15) is 26.7 Å². The van der Waals surface area contributed by atoms with Crippen LogP contribution in [0, 0.1) is 5.82 Å². The number of aliphatic hydroxyl groups is 1. The van der Waals surface area contributed by atoms with Gasteiger partial charge in [-0.05, 0) is 31.0 Å². The summed E-state index contributed by atoms with van der Waals surface area (Å²) >= 11 is 0. The molecule has 0 bridgehead atoms. The lowest BCUT2D eigenvalue weighted by Gasteiger charge is -2.26. The summed E-state index contributed by atoms with van der Waals surface area (Å²) in [7, 11) is 0. The molecule has 0 heterocycles. The van der Waals surface area contributed by atoms with Crippen LogP contribution in [-0.4, -0.2) is 17.3 Å². The fourth-order valence-corrected chi connectivity index (χ4v) is 1.45. The summed E-state index contributed by atoms with van der Waals surface area (Å²) in [4.78, 5) is 0. The molecule has 0 aromatic heterocycles. The summed E-state index contributed by atoms with van der Waals surface area (Å²) in [5, 5.41) is 13.1. The van der Waals surface area contributed by atoms with Gasteiger partial charge in [-0.25, -0.2) is 4.39 Å². The topological polar surface area (TPSA) is 58.3 Å². The fraction of sp³-hybridized carbons (Fsp3) is 0.500. The Morgan fingerprint density at radius 3 is 2.50 bits per heavy atom. The van der Waals surface area contributed by atoms with Crippen LogP contribution in [-0.2, 0) is 0 Å². The Bertz CT molecular complexity index is 351. The van der Waals surface area contributed by atoms with Crippen molar-refractivity contribution in [2.24, 2.45) is 0 Å². The lowest BCUT2D eigenvalue weighted by Crippen LogP contribution is -2.35. The Morgan fingerprint density at radius 2 is 2.00 bits per heavy atom. The van der Waals surface area contributed by atoms with E-state index in [1.54, 1.807) is 6.07 Å². The Labute approximate surface area is 95.5 Å². The molecule has 0 saturated carbocycles. The van der Waals surface area contributed by atoms with E-state index in [-0.39, 0.29) is 5.82 Å². The zero-order chi connectivity index (χ0) is 12.2. The molecule has 90 valence electrons. The second-order valence-corrected chi connectivity index (χ2v) is 4.02. The van der Waals surface area contributed by atoms with Crippen molar-refractivity contribution in [3.63, 3.8) is 0 Å². The maximum absolute atomic E-state index is 12.8. The van der Waals surface area contributed by atoms with Gasteiger partial charge in [0.25, 0.3) is 0 Å². The van der Waals surface area contributed by atoms with E-state index in [9.17, 15) is 9.50 Å². The molecule has 0 unspecified atom stereocenters. The molecule has 1 aromatic rings. The van der Waals surface area contributed by atoms with Crippen molar-refractivity contribution in [3.05, 3.63) is 24.0 Å². The van der Waals surface area contributed by atoms with E-state index in [0.29, 0.717) is 30.8 Å². The summed E-state index contributed by atoms with van der Waals surface area (Å²) < 4.78 is 12.8. The summed E-state index contributed by atoms with van der Waals surface area (Å²) in [6.07, 6.45) is 1.33. The van der Waals surface area contributed by atoms with E-state index in [2.05, 4.69) is 5.32 Å². The molecule has 4 N–H and O–H groups in total. The van der Waals surface area contributed by atoms with Gasteiger partial charge < -0.3 is 16.2 Å². The van der Waals surface area contributed by atoms with Crippen LogP contribution in [0.3, 0.4) is 0 Å². The van der Waals surface area contributed by atoms with Crippen LogP contribution < -0.4 is 11.1 Å². The highest BCUT2D eigenvalue weighted by molar-refractivity contribution is 5.65. The van der Waals surface area contributed by atoms with Gasteiger partial charge in [0.1, 0.15) is 5.82 Å². The fourth-order valence-electron chi connectivity index (χ4n) is 1.45. The number of anilines is 2. The number of hydrogen-bond donors (Lipinski definition) is 3. The molecule has 4 heteroatoms. The average Bonchev–Trinajstić information content (AvgIpc) is 2.27. The molecule has 0 spiro atoms. The second kappa shape index (κ2) is 5.16. The van der Waals surface area contributed by atoms with Crippen LogP contribution in [0.5, 0.6) is 0 Å². The number of halogens is 1. The molecule has 0 saturated heterocycles. The number of hydrogen-bond acceptors (Lipinski definition) is 3. The lowest BCUT2D eigenvalue weighted by atomic mass is 9.97. The van der Waals surface area contributed by atoms with Crippen molar-refractivity contribution < 1.29 is 9.50 Å². The smallest absolute Gasteiger partial charge is 0.125 e. The standard InChI is InChI=1S/C12H19FN2O/c1-3-12(16,4-2)8-15-11-6-5-9(13)7-10(11)14/h5-7,15-16H,3-4,8,14H2,1-2H3. The van der Waals surface area contributed by atoms with E-state index in [1.165, 1.54) is 12.1 Å². The van der Waals surface area contributed by atoms with E-state index in [0.717, 1.165) is 0 Å².